The molecule has 1 saturated carbocycles. The Labute approximate surface area is 119 Å². The van der Waals surface area contributed by atoms with Gasteiger partial charge in [-0.1, -0.05) is 36.4 Å². The molecule has 2 aromatic carbocycles. The molecule has 2 unspecified atom stereocenters. The largest absolute Gasteiger partial charge is 0.381 e. The fourth-order valence-corrected chi connectivity index (χ4v) is 4.55. The van der Waals surface area contributed by atoms with Crippen LogP contribution >= 0.6 is 0 Å². The van der Waals surface area contributed by atoms with Gasteiger partial charge in [-0.15, -0.1) is 0 Å². The van der Waals surface area contributed by atoms with Gasteiger partial charge in [-0.25, -0.2) is 8.42 Å². The van der Waals surface area contributed by atoms with Crippen molar-refractivity contribution in [2.45, 2.75) is 30.6 Å². The summed E-state index contributed by atoms with van der Waals surface area (Å²) in [6.07, 6.45) is 4.00. The molecule has 3 nitrogen and oxygen atoms in total. The maximum atomic E-state index is 11.9. The van der Waals surface area contributed by atoms with E-state index >= 15 is 0 Å². The van der Waals surface area contributed by atoms with Crippen LogP contribution in [-0.4, -0.2) is 26.0 Å². The Morgan fingerprint density at radius 2 is 1.80 bits per heavy atom. The molecule has 0 radical (unpaired) electrons. The lowest BCUT2D eigenvalue weighted by Crippen LogP contribution is -2.34. The van der Waals surface area contributed by atoms with Crippen molar-refractivity contribution in [3.05, 3.63) is 42.5 Å². The monoisotopic (exact) mass is 289 g/mol. The number of rotatable bonds is 3. The number of anilines is 1. The average molecular weight is 289 g/mol. The lowest BCUT2D eigenvalue weighted by Gasteiger charge is -2.21. The highest BCUT2D eigenvalue weighted by Gasteiger charge is 2.34. The van der Waals surface area contributed by atoms with Gasteiger partial charge in [0.05, 0.1) is 5.25 Å². The fraction of sp³-hybridized carbons (Fsp3) is 0.375. The Bertz CT molecular complexity index is 719. The SMILES string of the molecule is CS(=O)(=O)C1CCCC1Nc1cccc2ccccc12. The topological polar surface area (TPSA) is 46.2 Å². The predicted molar refractivity (Wildman–Crippen MR) is 83.8 cm³/mol. The van der Waals surface area contributed by atoms with Crippen LogP contribution in [0.2, 0.25) is 0 Å². The van der Waals surface area contributed by atoms with Crippen molar-refractivity contribution in [1.82, 2.24) is 0 Å². The van der Waals surface area contributed by atoms with E-state index in [1.54, 1.807) is 0 Å². The first kappa shape index (κ1) is 13.4. The van der Waals surface area contributed by atoms with E-state index < -0.39 is 9.84 Å². The van der Waals surface area contributed by atoms with Crippen LogP contribution in [0.5, 0.6) is 0 Å². The van der Waals surface area contributed by atoms with Crippen molar-refractivity contribution < 1.29 is 8.42 Å². The molecule has 0 bridgehead atoms. The Kier molecular flexibility index (Phi) is 3.42. The van der Waals surface area contributed by atoms with E-state index in [1.807, 2.05) is 24.3 Å². The van der Waals surface area contributed by atoms with Crippen LogP contribution in [0.3, 0.4) is 0 Å². The number of sulfone groups is 1. The van der Waals surface area contributed by atoms with Gasteiger partial charge in [0.15, 0.2) is 9.84 Å². The second-order valence-electron chi connectivity index (χ2n) is 5.58. The molecular formula is C16H19NO2S. The van der Waals surface area contributed by atoms with Gasteiger partial charge in [0.2, 0.25) is 0 Å². The maximum absolute atomic E-state index is 11.9. The summed E-state index contributed by atoms with van der Waals surface area (Å²) in [5, 5.41) is 5.52. The van der Waals surface area contributed by atoms with Crippen LogP contribution in [0.15, 0.2) is 42.5 Å². The molecule has 2 aromatic rings. The van der Waals surface area contributed by atoms with Gasteiger partial charge in [-0.3, -0.25) is 0 Å². The third kappa shape index (κ3) is 2.52. The third-order valence-electron chi connectivity index (χ3n) is 4.13. The summed E-state index contributed by atoms with van der Waals surface area (Å²) in [4.78, 5) is 0. The highest BCUT2D eigenvalue weighted by molar-refractivity contribution is 7.91. The van der Waals surface area contributed by atoms with Crippen molar-refractivity contribution in [3.8, 4) is 0 Å². The zero-order chi connectivity index (χ0) is 14.2. The number of benzene rings is 2. The smallest absolute Gasteiger partial charge is 0.152 e. The van der Waals surface area contributed by atoms with Crippen LogP contribution in [0.1, 0.15) is 19.3 Å². The zero-order valence-electron chi connectivity index (χ0n) is 11.5. The van der Waals surface area contributed by atoms with Gasteiger partial charge < -0.3 is 5.32 Å². The van der Waals surface area contributed by atoms with Crippen molar-refractivity contribution in [3.63, 3.8) is 0 Å². The minimum atomic E-state index is -2.99. The molecule has 0 heterocycles. The van der Waals surface area contributed by atoms with Crippen LogP contribution in [0.25, 0.3) is 10.8 Å². The molecule has 0 aliphatic heterocycles. The Hall–Kier alpha value is -1.55. The van der Waals surface area contributed by atoms with E-state index in [-0.39, 0.29) is 11.3 Å². The Morgan fingerprint density at radius 3 is 2.60 bits per heavy atom. The molecule has 2 atom stereocenters. The average Bonchev–Trinajstić information content (AvgIpc) is 2.87. The first-order valence-corrected chi connectivity index (χ1v) is 8.94. The van der Waals surface area contributed by atoms with E-state index in [0.29, 0.717) is 0 Å². The van der Waals surface area contributed by atoms with Gasteiger partial charge in [0, 0.05) is 23.4 Å². The summed E-state index contributed by atoms with van der Waals surface area (Å²) < 4.78 is 23.7. The highest BCUT2D eigenvalue weighted by Crippen LogP contribution is 2.30. The van der Waals surface area contributed by atoms with E-state index in [2.05, 4.69) is 23.5 Å². The Balaban J connectivity index is 1.94. The number of nitrogens with one attached hydrogen (secondary N) is 1. The molecule has 0 aromatic heterocycles. The van der Waals surface area contributed by atoms with Crippen LogP contribution < -0.4 is 5.32 Å². The summed E-state index contributed by atoms with van der Waals surface area (Å²) in [5.74, 6) is 0. The highest BCUT2D eigenvalue weighted by atomic mass is 32.2. The molecule has 0 amide bonds. The number of hydrogen-bond donors (Lipinski definition) is 1. The second-order valence-corrected chi connectivity index (χ2v) is 7.84. The first-order valence-electron chi connectivity index (χ1n) is 6.99. The zero-order valence-corrected chi connectivity index (χ0v) is 12.4. The van der Waals surface area contributed by atoms with Gasteiger partial charge >= 0.3 is 0 Å². The summed E-state index contributed by atoms with van der Waals surface area (Å²) >= 11 is 0. The number of hydrogen-bond acceptors (Lipinski definition) is 3. The molecule has 0 spiro atoms. The molecule has 1 fully saturated rings. The van der Waals surface area contributed by atoms with Crippen LogP contribution in [-0.2, 0) is 9.84 Å². The minimum absolute atomic E-state index is 0.0239. The number of fused-ring (bicyclic) bond motifs is 1. The standard InChI is InChI=1S/C16H19NO2S/c1-20(18,19)16-11-5-10-15(16)17-14-9-4-7-12-6-2-3-8-13(12)14/h2-4,6-9,15-17H,5,10-11H2,1H3. The normalized spacial score (nSPS) is 23.1. The fourth-order valence-electron chi connectivity index (χ4n) is 3.15. The molecule has 106 valence electrons. The summed E-state index contributed by atoms with van der Waals surface area (Å²) in [5.41, 5.74) is 1.03. The summed E-state index contributed by atoms with van der Waals surface area (Å²) in [6.45, 7) is 0. The van der Waals surface area contributed by atoms with Gasteiger partial charge in [-0.05, 0) is 30.7 Å². The molecule has 0 saturated heterocycles. The molecule has 4 heteroatoms. The van der Waals surface area contributed by atoms with Crippen LogP contribution in [0.4, 0.5) is 5.69 Å². The van der Waals surface area contributed by atoms with E-state index in [9.17, 15) is 8.42 Å². The molecule has 1 aliphatic rings. The molecule has 1 aliphatic carbocycles. The van der Waals surface area contributed by atoms with Crippen molar-refractivity contribution >= 4 is 26.3 Å². The third-order valence-corrected chi connectivity index (χ3v) is 5.80. The maximum Gasteiger partial charge on any atom is 0.152 e. The van der Waals surface area contributed by atoms with Gasteiger partial charge in [0.25, 0.3) is 0 Å². The first-order chi connectivity index (χ1) is 9.55. The van der Waals surface area contributed by atoms with Crippen molar-refractivity contribution in [2.24, 2.45) is 0 Å². The van der Waals surface area contributed by atoms with Crippen molar-refractivity contribution in [1.29, 1.82) is 0 Å². The van der Waals surface area contributed by atoms with E-state index in [0.717, 1.165) is 30.3 Å². The van der Waals surface area contributed by atoms with E-state index in [4.69, 9.17) is 0 Å². The van der Waals surface area contributed by atoms with Gasteiger partial charge in [0.1, 0.15) is 0 Å². The predicted octanol–water partition coefficient (Wildman–Crippen LogP) is 3.22. The lowest BCUT2D eigenvalue weighted by atomic mass is 10.1. The van der Waals surface area contributed by atoms with Gasteiger partial charge in [-0.2, -0.15) is 0 Å². The molecule has 1 N–H and O–H groups in total. The second kappa shape index (κ2) is 5.09. The molecular weight excluding hydrogens is 270 g/mol. The van der Waals surface area contributed by atoms with Crippen molar-refractivity contribution in [2.75, 3.05) is 11.6 Å². The Morgan fingerprint density at radius 1 is 1.05 bits per heavy atom. The molecule has 3 rings (SSSR count). The quantitative estimate of drug-likeness (QED) is 0.943. The van der Waals surface area contributed by atoms with Crippen LogP contribution in [0, 0.1) is 0 Å². The minimum Gasteiger partial charge on any atom is -0.381 e. The summed E-state index contributed by atoms with van der Waals surface area (Å²) in [7, 11) is -2.99. The lowest BCUT2D eigenvalue weighted by molar-refractivity contribution is 0.579. The summed E-state index contributed by atoms with van der Waals surface area (Å²) in [6, 6.07) is 14.3. The van der Waals surface area contributed by atoms with E-state index in [1.165, 1.54) is 11.6 Å². The molecule has 20 heavy (non-hydrogen) atoms.